The van der Waals surface area contributed by atoms with Crippen molar-refractivity contribution in [3.05, 3.63) is 98.8 Å². The van der Waals surface area contributed by atoms with Gasteiger partial charge < -0.3 is 14.9 Å². The molecule has 4 aromatic rings. The number of rotatable bonds is 0. The molecule has 152 valence electrons. The Kier molecular flexibility index (Phi) is 9.99. The molecule has 0 unspecified atom stereocenters. The van der Waals surface area contributed by atoms with Crippen LogP contribution >= 0.6 is 0 Å². The van der Waals surface area contributed by atoms with Crippen LogP contribution < -0.4 is 0 Å². The third-order valence-corrected chi connectivity index (χ3v) is 4.99. The first-order valence-electron chi connectivity index (χ1n) is 9.47. The predicted molar refractivity (Wildman–Crippen MR) is 129 cm³/mol. The fourth-order valence-corrected chi connectivity index (χ4v) is 3.28. The Morgan fingerprint density at radius 1 is 0.621 bits per heavy atom. The molecule has 1 heteroatoms. The van der Waals surface area contributed by atoms with Gasteiger partial charge in [-0.1, -0.05) is 76.9 Å². The summed E-state index contributed by atoms with van der Waals surface area (Å²) in [6, 6.07) is 26.2. The van der Waals surface area contributed by atoms with Gasteiger partial charge in [-0.3, -0.25) is 0 Å². The van der Waals surface area contributed by atoms with Gasteiger partial charge in [0.1, 0.15) is 0 Å². The molecular formula is C28H36Hf. The summed E-state index contributed by atoms with van der Waals surface area (Å²) < 4.78 is 0. The van der Waals surface area contributed by atoms with Crippen molar-refractivity contribution in [2.75, 3.05) is 0 Å². The van der Waals surface area contributed by atoms with Crippen LogP contribution in [0.3, 0.4) is 0 Å². The Morgan fingerprint density at radius 3 is 1.28 bits per heavy atom. The topological polar surface area (TPSA) is 0 Å². The van der Waals surface area contributed by atoms with Crippen molar-refractivity contribution in [2.45, 2.75) is 52.4 Å². The van der Waals surface area contributed by atoms with Crippen molar-refractivity contribution in [1.82, 2.24) is 0 Å². The van der Waals surface area contributed by atoms with E-state index in [1.54, 1.807) is 0 Å². The van der Waals surface area contributed by atoms with E-state index in [0.29, 0.717) is 0 Å². The van der Waals surface area contributed by atoms with Gasteiger partial charge in [-0.25, -0.2) is 12.1 Å². The van der Waals surface area contributed by atoms with Crippen LogP contribution in [0.5, 0.6) is 0 Å². The van der Waals surface area contributed by atoms with Gasteiger partial charge in [0.25, 0.3) is 0 Å². The Bertz CT molecular complexity index is 901. The Labute approximate surface area is 197 Å². The number of hydrogen-bond acceptors (Lipinski definition) is 0. The second kappa shape index (κ2) is 10.5. The van der Waals surface area contributed by atoms with E-state index in [2.05, 4.69) is 84.0 Å². The van der Waals surface area contributed by atoms with Crippen molar-refractivity contribution in [3.8, 4) is 0 Å². The molecule has 0 aromatic heterocycles. The van der Waals surface area contributed by atoms with Crippen LogP contribution in [-0.2, 0) is 36.7 Å². The zero-order valence-corrected chi connectivity index (χ0v) is 23.0. The molecule has 0 atom stereocenters. The van der Waals surface area contributed by atoms with Crippen LogP contribution in [-0.4, -0.2) is 0 Å². The van der Waals surface area contributed by atoms with Gasteiger partial charge in [0.15, 0.2) is 0 Å². The molecule has 0 amide bonds. The maximum Gasteiger partial charge on any atom is 4.00 e. The molecule has 0 aliphatic heterocycles. The third kappa shape index (κ3) is 6.51. The first kappa shape index (κ1) is 27.5. The molecule has 0 bridgehead atoms. The minimum atomic E-state index is 0. The standard InChI is InChI=1S/C21H25.C5H5.2CH3.Hf/c1-20(2,3)16-7-9-18-14(12-16)11-15-13-17(21(4,5)6)8-10-19(15)18;1-2-4-5-3-1;;;/h7-13H,1-6H3;1-5H;2*1H3;/q4*-1;+4. The van der Waals surface area contributed by atoms with E-state index in [4.69, 9.17) is 0 Å². The van der Waals surface area contributed by atoms with Crippen molar-refractivity contribution in [2.24, 2.45) is 0 Å². The summed E-state index contributed by atoms with van der Waals surface area (Å²) >= 11 is 0. The van der Waals surface area contributed by atoms with E-state index in [0.717, 1.165) is 0 Å². The average molecular weight is 551 g/mol. The van der Waals surface area contributed by atoms with Crippen molar-refractivity contribution >= 4 is 21.5 Å². The summed E-state index contributed by atoms with van der Waals surface area (Å²) in [6.07, 6.45) is 0. The Balaban J connectivity index is 0.000000863. The Morgan fingerprint density at radius 2 is 1.00 bits per heavy atom. The summed E-state index contributed by atoms with van der Waals surface area (Å²) in [5, 5.41) is 5.48. The number of hydrogen-bond donors (Lipinski definition) is 0. The molecule has 0 nitrogen and oxygen atoms in total. The van der Waals surface area contributed by atoms with Gasteiger partial charge in [0, 0.05) is 0 Å². The van der Waals surface area contributed by atoms with Crippen LogP contribution in [0.15, 0.2) is 72.8 Å². The van der Waals surface area contributed by atoms with Gasteiger partial charge in [0.05, 0.1) is 0 Å². The van der Waals surface area contributed by atoms with E-state index >= 15 is 0 Å². The fourth-order valence-electron chi connectivity index (χ4n) is 3.28. The fraction of sp³-hybridized carbons (Fsp3) is 0.286. The maximum absolute atomic E-state index is 2.35. The van der Waals surface area contributed by atoms with Crippen LogP contribution in [0.1, 0.15) is 52.7 Å². The van der Waals surface area contributed by atoms with E-state index in [-0.39, 0.29) is 51.5 Å². The summed E-state index contributed by atoms with van der Waals surface area (Å²) in [7, 11) is 0. The van der Waals surface area contributed by atoms with E-state index in [9.17, 15) is 0 Å². The van der Waals surface area contributed by atoms with E-state index < -0.39 is 0 Å². The molecule has 29 heavy (non-hydrogen) atoms. The molecule has 0 aliphatic carbocycles. The summed E-state index contributed by atoms with van der Waals surface area (Å²) in [5.74, 6) is 0. The smallest absolute Gasteiger partial charge is 0.358 e. The largest absolute Gasteiger partial charge is 4.00 e. The minimum Gasteiger partial charge on any atom is -0.358 e. The second-order valence-corrected chi connectivity index (χ2v) is 9.21. The van der Waals surface area contributed by atoms with Crippen LogP contribution in [0.2, 0.25) is 0 Å². The van der Waals surface area contributed by atoms with Crippen LogP contribution in [0, 0.1) is 14.9 Å². The molecule has 0 N–H and O–H groups in total. The molecule has 0 saturated heterocycles. The molecule has 0 spiro atoms. The summed E-state index contributed by atoms with van der Waals surface area (Å²) in [6.45, 7) is 13.6. The molecule has 4 rings (SSSR count). The summed E-state index contributed by atoms with van der Waals surface area (Å²) in [4.78, 5) is 0. The quantitative estimate of drug-likeness (QED) is 0.152. The molecule has 4 aromatic carbocycles. The van der Waals surface area contributed by atoms with Gasteiger partial charge in [-0.2, -0.15) is 18.2 Å². The van der Waals surface area contributed by atoms with E-state index in [1.807, 2.05) is 30.3 Å². The molecular weight excluding hydrogens is 515 g/mol. The average Bonchev–Trinajstić information content (AvgIpc) is 3.23. The second-order valence-electron chi connectivity index (χ2n) is 9.21. The van der Waals surface area contributed by atoms with Gasteiger partial charge in [-0.05, 0) is 10.8 Å². The molecule has 0 radical (unpaired) electrons. The third-order valence-electron chi connectivity index (χ3n) is 4.99. The molecule has 0 heterocycles. The SMILES string of the molecule is CC(C)(C)c1ccc2c(c1)[cH-]c1cc(C(C)(C)C)ccc12.[CH3-].[CH3-].[Hf+4].c1cc[cH-]c1. The first-order chi connectivity index (χ1) is 12.2. The van der Waals surface area contributed by atoms with Crippen molar-refractivity contribution in [1.29, 1.82) is 0 Å². The first-order valence-corrected chi connectivity index (χ1v) is 9.47. The van der Waals surface area contributed by atoms with Gasteiger partial charge in [-0.15, -0.1) is 39.7 Å². The zero-order chi connectivity index (χ0) is 18.9. The number of benzene rings is 2. The predicted octanol–water partition coefficient (Wildman–Crippen LogP) is 8.61. The van der Waals surface area contributed by atoms with Crippen LogP contribution in [0.25, 0.3) is 21.5 Å². The summed E-state index contributed by atoms with van der Waals surface area (Å²) in [5.41, 5.74) is 3.21. The minimum absolute atomic E-state index is 0. The van der Waals surface area contributed by atoms with Crippen molar-refractivity contribution < 1.29 is 25.8 Å². The normalized spacial score (nSPS) is 11.0. The molecule has 0 fully saturated rings. The number of fused-ring (bicyclic) bond motifs is 3. The van der Waals surface area contributed by atoms with Gasteiger partial charge >= 0.3 is 25.8 Å². The monoisotopic (exact) mass is 552 g/mol. The van der Waals surface area contributed by atoms with Crippen molar-refractivity contribution in [3.63, 3.8) is 0 Å². The zero-order valence-electron chi connectivity index (χ0n) is 19.4. The Hall–Kier alpha value is -1.47. The van der Waals surface area contributed by atoms with Crippen LogP contribution in [0.4, 0.5) is 0 Å². The molecule has 0 saturated carbocycles. The van der Waals surface area contributed by atoms with Gasteiger partial charge in [0.2, 0.25) is 0 Å². The molecule has 0 aliphatic rings. The van der Waals surface area contributed by atoms with E-state index in [1.165, 1.54) is 32.7 Å². The maximum atomic E-state index is 2.35.